The summed E-state index contributed by atoms with van der Waals surface area (Å²) in [6.45, 7) is 1.84. The molecule has 19 heavy (non-hydrogen) atoms. The van der Waals surface area contributed by atoms with Crippen LogP contribution in [0, 0.1) is 6.92 Å². The smallest absolute Gasteiger partial charge is 0.258 e. The van der Waals surface area contributed by atoms with Gasteiger partial charge in [0.15, 0.2) is 0 Å². The van der Waals surface area contributed by atoms with E-state index in [9.17, 15) is 0 Å². The lowest BCUT2D eigenvalue weighted by molar-refractivity contribution is 0.432. The average Bonchev–Trinajstić information content (AvgIpc) is 2.95. The molecule has 0 spiro atoms. The Balaban J connectivity index is 2.04. The monoisotopic (exact) mass is 275 g/mol. The molecule has 0 fully saturated rings. The van der Waals surface area contributed by atoms with Crippen LogP contribution in [0.3, 0.4) is 0 Å². The van der Waals surface area contributed by atoms with Crippen molar-refractivity contribution in [1.29, 1.82) is 0 Å². The van der Waals surface area contributed by atoms with Crippen molar-refractivity contribution in [2.24, 2.45) is 0 Å². The molecule has 1 aromatic carbocycles. The van der Waals surface area contributed by atoms with Crippen LogP contribution in [0.1, 0.15) is 5.76 Å². The third-order valence-electron chi connectivity index (χ3n) is 2.69. The van der Waals surface area contributed by atoms with Crippen molar-refractivity contribution in [3.8, 4) is 22.8 Å². The Morgan fingerprint density at radius 2 is 2.11 bits per heavy atom. The quantitative estimate of drug-likeness (QED) is 0.724. The number of aryl methyl sites for hydroxylation is 1. The number of aromatic nitrogens is 2. The maximum atomic E-state index is 5.95. The highest BCUT2D eigenvalue weighted by Gasteiger charge is 2.14. The third kappa shape index (κ3) is 2.20. The second-order valence-electron chi connectivity index (χ2n) is 4.09. The van der Waals surface area contributed by atoms with Crippen LogP contribution in [0.5, 0.6) is 0 Å². The molecule has 5 nitrogen and oxygen atoms in total. The van der Waals surface area contributed by atoms with Gasteiger partial charge in [-0.2, -0.15) is 4.98 Å². The Bertz CT molecular complexity index is 713. The Kier molecular flexibility index (Phi) is 2.76. The molecule has 0 saturated carbocycles. The number of nitrogens with two attached hydrogens (primary N) is 1. The SMILES string of the molecule is Cc1occc1-c1noc(-c2cc(N)cc(Cl)c2)n1. The van der Waals surface area contributed by atoms with E-state index in [0.29, 0.717) is 28.0 Å². The van der Waals surface area contributed by atoms with Crippen LogP contribution in [0.25, 0.3) is 22.8 Å². The highest BCUT2D eigenvalue weighted by molar-refractivity contribution is 6.31. The summed E-state index contributed by atoms with van der Waals surface area (Å²) in [5.41, 5.74) is 7.76. The van der Waals surface area contributed by atoms with Gasteiger partial charge in [0.05, 0.1) is 11.8 Å². The van der Waals surface area contributed by atoms with E-state index in [2.05, 4.69) is 10.1 Å². The van der Waals surface area contributed by atoms with E-state index >= 15 is 0 Å². The van der Waals surface area contributed by atoms with Crippen molar-refractivity contribution in [3.63, 3.8) is 0 Å². The molecule has 2 N–H and O–H groups in total. The summed E-state index contributed by atoms with van der Waals surface area (Å²) in [4.78, 5) is 4.31. The van der Waals surface area contributed by atoms with Crippen LogP contribution in [-0.2, 0) is 0 Å². The number of anilines is 1. The Morgan fingerprint density at radius 3 is 2.79 bits per heavy atom. The molecule has 0 amide bonds. The van der Waals surface area contributed by atoms with Gasteiger partial charge in [-0.3, -0.25) is 0 Å². The van der Waals surface area contributed by atoms with Crippen LogP contribution in [0.4, 0.5) is 5.69 Å². The van der Waals surface area contributed by atoms with Gasteiger partial charge in [0.25, 0.3) is 5.89 Å². The first-order valence-corrected chi connectivity index (χ1v) is 5.96. The first-order valence-electron chi connectivity index (χ1n) is 5.58. The predicted octanol–water partition coefficient (Wildman–Crippen LogP) is 3.54. The highest BCUT2D eigenvalue weighted by Crippen LogP contribution is 2.28. The largest absolute Gasteiger partial charge is 0.469 e. The molecule has 0 saturated heterocycles. The van der Waals surface area contributed by atoms with Crippen molar-refractivity contribution in [2.45, 2.75) is 6.92 Å². The lowest BCUT2D eigenvalue weighted by Gasteiger charge is -1.98. The van der Waals surface area contributed by atoms with Gasteiger partial charge < -0.3 is 14.7 Å². The fraction of sp³-hybridized carbons (Fsp3) is 0.0769. The normalized spacial score (nSPS) is 10.8. The molecule has 3 rings (SSSR count). The maximum Gasteiger partial charge on any atom is 0.258 e. The van der Waals surface area contributed by atoms with E-state index < -0.39 is 0 Å². The maximum absolute atomic E-state index is 5.95. The number of nitrogen functional groups attached to an aromatic ring is 1. The van der Waals surface area contributed by atoms with E-state index in [1.54, 1.807) is 30.5 Å². The summed E-state index contributed by atoms with van der Waals surface area (Å²) >= 11 is 5.95. The minimum atomic E-state index is 0.366. The van der Waals surface area contributed by atoms with Crippen molar-refractivity contribution in [2.75, 3.05) is 5.73 Å². The van der Waals surface area contributed by atoms with Gasteiger partial charge in [-0.15, -0.1) is 0 Å². The molecule has 2 heterocycles. The molecule has 3 aromatic rings. The molecular weight excluding hydrogens is 266 g/mol. The number of benzene rings is 1. The zero-order valence-electron chi connectivity index (χ0n) is 10.1. The highest BCUT2D eigenvalue weighted by atomic mass is 35.5. The number of hydrogen-bond donors (Lipinski definition) is 1. The number of halogens is 1. The summed E-state index contributed by atoms with van der Waals surface area (Å²) in [7, 11) is 0. The van der Waals surface area contributed by atoms with E-state index in [1.165, 1.54) is 0 Å². The summed E-state index contributed by atoms with van der Waals surface area (Å²) in [5, 5.41) is 4.45. The van der Waals surface area contributed by atoms with Crippen LogP contribution in [0.2, 0.25) is 5.02 Å². The van der Waals surface area contributed by atoms with Crippen LogP contribution in [-0.4, -0.2) is 10.1 Å². The summed E-state index contributed by atoms with van der Waals surface area (Å²) in [5.74, 6) is 1.57. The Labute approximate surface area is 114 Å². The third-order valence-corrected chi connectivity index (χ3v) is 2.91. The molecule has 0 aliphatic heterocycles. The fourth-order valence-electron chi connectivity index (χ4n) is 1.80. The number of hydrogen-bond acceptors (Lipinski definition) is 5. The van der Waals surface area contributed by atoms with Gasteiger partial charge in [0.2, 0.25) is 5.82 Å². The van der Waals surface area contributed by atoms with Crippen molar-refractivity contribution < 1.29 is 8.94 Å². The zero-order valence-corrected chi connectivity index (χ0v) is 10.8. The van der Waals surface area contributed by atoms with Gasteiger partial charge in [-0.1, -0.05) is 16.8 Å². The first kappa shape index (κ1) is 11.8. The van der Waals surface area contributed by atoms with Gasteiger partial charge >= 0.3 is 0 Å². The molecule has 96 valence electrons. The van der Waals surface area contributed by atoms with Crippen molar-refractivity contribution in [3.05, 3.63) is 41.3 Å². The molecule has 6 heteroatoms. The van der Waals surface area contributed by atoms with Crippen molar-refractivity contribution in [1.82, 2.24) is 10.1 Å². The molecule has 0 unspecified atom stereocenters. The number of furan rings is 1. The zero-order chi connectivity index (χ0) is 13.4. The Hall–Kier alpha value is -2.27. The predicted molar refractivity (Wildman–Crippen MR) is 71.6 cm³/mol. The summed E-state index contributed by atoms with van der Waals surface area (Å²) < 4.78 is 10.4. The summed E-state index contributed by atoms with van der Waals surface area (Å²) in [6.07, 6.45) is 1.58. The van der Waals surface area contributed by atoms with Crippen LogP contribution in [0.15, 0.2) is 39.5 Å². The van der Waals surface area contributed by atoms with Gasteiger partial charge in [0.1, 0.15) is 5.76 Å². The number of nitrogens with zero attached hydrogens (tertiary/aromatic N) is 2. The van der Waals surface area contributed by atoms with E-state index in [-0.39, 0.29) is 0 Å². The van der Waals surface area contributed by atoms with E-state index in [1.807, 2.05) is 6.92 Å². The minimum Gasteiger partial charge on any atom is -0.469 e. The average molecular weight is 276 g/mol. The lowest BCUT2D eigenvalue weighted by atomic mass is 10.2. The number of rotatable bonds is 2. The fourth-order valence-corrected chi connectivity index (χ4v) is 2.05. The Morgan fingerprint density at radius 1 is 1.26 bits per heavy atom. The topological polar surface area (TPSA) is 78.1 Å². The van der Waals surface area contributed by atoms with Crippen LogP contribution >= 0.6 is 11.6 Å². The minimum absolute atomic E-state index is 0.366. The van der Waals surface area contributed by atoms with Crippen LogP contribution < -0.4 is 5.73 Å². The lowest BCUT2D eigenvalue weighted by Crippen LogP contribution is -1.86. The first-order chi connectivity index (χ1) is 9.13. The molecule has 0 aliphatic rings. The molecule has 2 aromatic heterocycles. The van der Waals surface area contributed by atoms with E-state index in [0.717, 1.165) is 11.3 Å². The molecule has 0 radical (unpaired) electrons. The molecule has 0 bridgehead atoms. The summed E-state index contributed by atoms with van der Waals surface area (Å²) in [6, 6.07) is 6.89. The molecule has 0 atom stereocenters. The molecular formula is C13H10ClN3O2. The van der Waals surface area contributed by atoms with Gasteiger partial charge in [-0.25, -0.2) is 0 Å². The second-order valence-corrected chi connectivity index (χ2v) is 4.52. The van der Waals surface area contributed by atoms with E-state index in [4.69, 9.17) is 26.3 Å². The standard InChI is InChI=1S/C13H10ClN3O2/c1-7-11(2-3-18-7)12-16-13(19-17-12)8-4-9(14)6-10(15)5-8/h2-6H,15H2,1H3. The molecule has 0 aliphatic carbocycles. The van der Waals surface area contributed by atoms with Crippen molar-refractivity contribution >= 4 is 17.3 Å². The van der Waals surface area contributed by atoms with Gasteiger partial charge in [-0.05, 0) is 31.2 Å². The second kappa shape index (κ2) is 4.44. The van der Waals surface area contributed by atoms with Gasteiger partial charge in [0, 0.05) is 16.3 Å².